The maximum Gasteiger partial charge on any atom is 0.407 e. The highest BCUT2D eigenvalue weighted by molar-refractivity contribution is 7.90. The second-order valence-corrected chi connectivity index (χ2v) is 34.3. The van der Waals surface area contributed by atoms with Crippen LogP contribution in [0.25, 0.3) is 33.7 Å². The molecule has 3 aromatic carbocycles. The lowest BCUT2D eigenvalue weighted by Crippen LogP contribution is -2.53. The number of nitrogens with one attached hydrogen (secondary N) is 4. The lowest BCUT2D eigenvalue weighted by Gasteiger charge is -2.29. The van der Waals surface area contributed by atoms with Gasteiger partial charge in [-0.15, -0.1) is 5.10 Å². The van der Waals surface area contributed by atoms with E-state index in [1.165, 1.54) is 154 Å². The van der Waals surface area contributed by atoms with E-state index in [0.717, 1.165) is 50.4 Å². The number of benzene rings is 3. The first kappa shape index (κ1) is 97.2. The zero-order chi connectivity index (χ0) is 94.0. The summed E-state index contributed by atoms with van der Waals surface area (Å²) in [4.78, 5) is 244. The molecule has 4 atom stereocenters. The van der Waals surface area contributed by atoms with E-state index in [1.807, 2.05) is 6.92 Å². The van der Waals surface area contributed by atoms with Crippen molar-refractivity contribution in [1.29, 1.82) is 0 Å². The Bertz CT molecular complexity index is 5580. The lowest BCUT2D eigenvalue weighted by atomic mass is 9.81. The summed E-state index contributed by atoms with van der Waals surface area (Å²) >= 11 is 0. The molecule has 3 aliphatic rings. The highest BCUT2D eigenvalue weighted by Crippen LogP contribution is 2.46. The Morgan fingerprint density at radius 2 is 1.07 bits per heavy atom. The molecule has 1 aliphatic carbocycles. The zero-order valence-corrected chi connectivity index (χ0v) is 74.9. The van der Waals surface area contributed by atoms with E-state index in [-0.39, 0.29) is 73.3 Å². The van der Waals surface area contributed by atoms with Gasteiger partial charge in [0, 0.05) is 131 Å². The van der Waals surface area contributed by atoms with Crippen LogP contribution in [-0.2, 0) is 119 Å². The third-order valence-corrected chi connectivity index (χ3v) is 23.2. The van der Waals surface area contributed by atoms with E-state index in [4.69, 9.17) is 18.9 Å². The van der Waals surface area contributed by atoms with E-state index in [1.54, 1.807) is 26.8 Å². The van der Waals surface area contributed by atoms with Crippen molar-refractivity contribution in [1.82, 2.24) is 89.6 Å². The van der Waals surface area contributed by atoms with E-state index in [9.17, 15) is 89.9 Å². The number of likely N-dealkylation sites (N-methyl/N-ethyl adjacent to an activating group) is 11. The van der Waals surface area contributed by atoms with Crippen molar-refractivity contribution in [2.24, 2.45) is 5.92 Å². The highest BCUT2D eigenvalue weighted by Gasteiger charge is 2.40. The number of aromatic nitrogens is 4. The van der Waals surface area contributed by atoms with Crippen molar-refractivity contribution in [2.75, 3.05) is 155 Å². The quantitative estimate of drug-likeness (QED) is 0.0387. The number of carbonyl (C=O) groups is 16. The first-order chi connectivity index (χ1) is 59.6. The van der Waals surface area contributed by atoms with Crippen LogP contribution in [0.1, 0.15) is 114 Å². The van der Waals surface area contributed by atoms with E-state index >= 15 is 4.39 Å². The zero-order valence-electron chi connectivity index (χ0n) is 74.1. The molecule has 4 N–H and O–H groups in total. The molecule has 0 saturated carbocycles. The average Bonchev–Trinajstić information content (AvgIpc) is 1.60. The highest BCUT2D eigenvalue weighted by atomic mass is 32.2. The van der Waals surface area contributed by atoms with Crippen LogP contribution in [0.5, 0.6) is 0 Å². The topological polar surface area (TPSA) is 483 Å². The summed E-state index contributed by atoms with van der Waals surface area (Å²) in [5.74, 6) is -11.3. The molecule has 0 bridgehead atoms. The number of hydrogen-bond acceptors (Lipinski definition) is 25. The molecule has 6 aromatic rings. The smallest absolute Gasteiger partial charge is 0.407 e. The summed E-state index contributed by atoms with van der Waals surface area (Å²) in [5.41, 5.74) is 5.03. The molecule has 682 valence electrons. The minimum atomic E-state index is -3.80. The molecule has 0 spiro atoms. The summed E-state index contributed by atoms with van der Waals surface area (Å²) < 4.78 is 57.8. The number of hydrogen-bond donors (Lipinski definition) is 4. The van der Waals surface area contributed by atoms with Crippen molar-refractivity contribution in [3.63, 3.8) is 0 Å². The molecule has 0 saturated heterocycles. The fraction of sp³-hybridized carbons (Fsp3) is 0.476. The molecule has 3 aromatic heterocycles. The Hall–Kier alpha value is -13.6. The summed E-state index contributed by atoms with van der Waals surface area (Å²) in [6, 6.07) is 10.1. The molecule has 5 heterocycles. The van der Waals surface area contributed by atoms with Gasteiger partial charge in [0.2, 0.25) is 92.5 Å². The van der Waals surface area contributed by atoms with Gasteiger partial charge in [-0.3, -0.25) is 76.7 Å². The van der Waals surface area contributed by atoms with Gasteiger partial charge in [0.05, 0.1) is 106 Å². The Morgan fingerprint density at radius 1 is 0.591 bits per heavy atom. The molecule has 9 rings (SSSR count). The Balaban J connectivity index is 0.811. The molecule has 43 heteroatoms. The summed E-state index contributed by atoms with van der Waals surface area (Å²) in [7, 11) is 10.8. The molecular weight excluding hydrogens is 1680 g/mol. The number of cyclic esters (lactones) is 1. The number of aryl methyl sites for hydroxylation is 1. The van der Waals surface area contributed by atoms with Crippen molar-refractivity contribution in [3.05, 3.63) is 121 Å². The maximum absolute atomic E-state index is 15.8. The molecule has 0 radical (unpaired) electrons. The van der Waals surface area contributed by atoms with Gasteiger partial charge in [0.25, 0.3) is 11.5 Å². The molecule has 41 nitrogen and oxygen atoms in total. The average molecular weight is 1780 g/mol. The Kier molecular flexibility index (Phi) is 31.4. The molecule has 2 aliphatic heterocycles. The molecule has 15 amide bonds. The number of amides is 15. The fourth-order valence-electron chi connectivity index (χ4n) is 14.1. The number of carbonyl (C=O) groups excluding carboxylic acids is 16. The predicted molar refractivity (Wildman–Crippen MR) is 453 cm³/mol. The third kappa shape index (κ3) is 23.5. The number of anilines is 1. The van der Waals surface area contributed by atoms with Crippen LogP contribution in [0, 0.1) is 18.7 Å². The van der Waals surface area contributed by atoms with Crippen LogP contribution in [0.2, 0.25) is 0 Å². The minimum Gasteiger partial charge on any atom is -0.460 e. The second-order valence-electron chi connectivity index (χ2n) is 32.4. The van der Waals surface area contributed by atoms with Gasteiger partial charge in [-0.05, 0) is 115 Å². The van der Waals surface area contributed by atoms with E-state index < -0.39 is 199 Å². The largest absolute Gasteiger partial charge is 0.460 e. The minimum absolute atomic E-state index is 0.0340. The van der Waals surface area contributed by atoms with Gasteiger partial charge in [-0.2, -0.15) is 0 Å². The SMILES string of the molecule is CC[C@H]1C(=O)OCc2c1cc1n(c2=O)Cc2c-1nc1cc(F)c(C)c3c1c2[C@@H](NC(=O)OCc1ccc(NC(=O)[C@H](C)NC(=O)C(NC(=O)c2ccc(-c4nnc(S(C)(=O)=O)o4)cc2)C(C)C)cc1CN(C)C(=O)CN(C)C(=O)CN(C)C(=O)CN(C)C(=O)CN(C)C(=O)CN(C)C(=O)CN(C)C(=O)CN(C)C(=O)CN(C)C(=O)CN(C)C(=O)CN(C)C(C)=O)CC3. The van der Waals surface area contributed by atoms with Crippen LogP contribution in [0.4, 0.5) is 14.9 Å². The number of sulfone groups is 1. The van der Waals surface area contributed by atoms with Gasteiger partial charge in [-0.1, -0.05) is 31.9 Å². The molecule has 1 unspecified atom stereocenters. The van der Waals surface area contributed by atoms with Crippen molar-refractivity contribution in [2.45, 2.75) is 116 Å². The van der Waals surface area contributed by atoms with Gasteiger partial charge >= 0.3 is 17.3 Å². The van der Waals surface area contributed by atoms with Crippen LogP contribution >= 0.6 is 0 Å². The molecular formula is C84H106FN19O22S. The van der Waals surface area contributed by atoms with Gasteiger partial charge in [0.1, 0.15) is 31.1 Å². The number of alkyl carbamates (subject to hydrolysis) is 1. The summed E-state index contributed by atoms with van der Waals surface area (Å²) in [5, 5.41) is 18.4. The first-order valence-electron chi connectivity index (χ1n) is 40.4. The van der Waals surface area contributed by atoms with Crippen LogP contribution < -0.4 is 26.8 Å². The number of esters is 1. The van der Waals surface area contributed by atoms with Crippen molar-refractivity contribution < 1.29 is 103 Å². The number of fused-ring (bicyclic) bond motifs is 5. The van der Waals surface area contributed by atoms with E-state index in [2.05, 4.69) is 31.5 Å². The standard InChI is InChI=1S/C84H106FN19O22S/c1-19-54-56-29-62-76-57(32-104(62)81(119)58(56)44-124-82(54)120)74-60(27-26-55-46(4)59(85)30-61(88-76)73(55)74)89-83(121)125-43-51-24-25-53(87-77(116)47(5)86-79(118)75(45(2)3)90-78(117)49-20-22-50(23-21-49)80-91-92-84(126-80)127(18,122)123)28-52(51)31-94(8)64(107)34-96(10)66(109)36-98(12)68(111)38-100(14)70(113)40-102(16)72(115)42-103(17)71(114)41-101(15)69(112)39-99(13)67(110)37-97(11)65(108)35-95(9)63(106)33-93(7)48(6)105/h20-25,28-30,45,47,54,60,75H,19,26-27,31-44H2,1-18H3,(H,86,118)(H,87,116)(H,89,121)(H,90,117)/t47-,54+,60-,75?/m0/s1. The normalized spacial score (nSPS) is 13.9. The summed E-state index contributed by atoms with van der Waals surface area (Å²) in [6.07, 6.45) is 0.947. The van der Waals surface area contributed by atoms with Crippen LogP contribution in [0.3, 0.4) is 0 Å². The van der Waals surface area contributed by atoms with Crippen molar-refractivity contribution in [3.8, 4) is 22.8 Å². The molecule has 0 fully saturated rings. The van der Waals surface area contributed by atoms with Crippen LogP contribution in [-0.4, -0.2) is 338 Å². The van der Waals surface area contributed by atoms with Crippen molar-refractivity contribution >= 4 is 121 Å². The number of ether oxygens (including phenoxy) is 2. The molecule has 127 heavy (non-hydrogen) atoms. The fourth-order valence-corrected chi connectivity index (χ4v) is 14.6. The van der Waals surface area contributed by atoms with Gasteiger partial charge in [-0.25, -0.2) is 22.6 Å². The number of halogens is 1. The van der Waals surface area contributed by atoms with Gasteiger partial charge < -0.3 is 93.6 Å². The predicted octanol–water partition coefficient (Wildman–Crippen LogP) is 0.250. The van der Waals surface area contributed by atoms with Gasteiger partial charge in [0.15, 0.2) is 0 Å². The number of pyridine rings is 2. The Morgan fingerprint density at radius 3 is 1.53 bits per heavy atom. The summed E-state index contributed by atoms with van der Waals surface area (Å²) in [6.45, 7) is 3.73. The number of nitrogens with zero attached hydrogens (tertiary/aromatic N) is 15. The number of rotatable bonds is 35. The third-order valence-electron chi connectivity index (χ3n) is 22.4. The Labute approximate surface area is 731 Å². The maximum atomic E-state index is 15.8. The van der Waals surface area contributed by atoms with E-state index in [0.29, 0.717) is 79.7 Å². The monoisotopic (exact) mass is 1780 g/mol. The van der Waals surface area contributed by atoms with Crippen LogP contribution in [0.15, 0.2) is 69.0 Å². The second kappa shape index (κ2) is 41.0. The first-order valence-corrected chi connectivity index (χ1v) is 42.3. The lowest BCUT2D eigenvalue weighted by molar-refractivity contribution is -0.148.